The monoisotopic (exact) mass is 319 g/mol. The molecule has 126 valence electrons. The largest absolute Gasteiger partial charge is 0.337 e. The van der Waals surface area contributed by atoms with Crippen LogP contribution in [0, 0.1) is 0 Å². The predicted molar refractivity (Wildman–Crippen MR) is 88.0 cm³/mol. The van der Waals surface area contributed by atoms with Crippen LogP contribution in [-0.2, 0) is 9.59 Å². The molecule has 2 amide bonds. The molecular formula is C16H25N5O2. The Hall–Kier alpha value is -2.18. The molecule has 0 atom stereocenters. The first kappa shape index (κ1) is 17.2. The summed E-state index contributed by atoms with van der Waals surface area (Å²) in [5, 5.41) is 0. The minimum Gasteiger partial charge on any atom is -0.337 e. The molecule has 1 aliphatic heterocycles. The van der Waals surface area contributed by atoms with Crippen molar-refractivity contribution < 1.29 is 9.59 Å². The molecule has 1 aromatic heterocycles. The lowest BCUT2D eigenvalue weighted by atomic mass is 10.1. The first-order valence-electron chi connectivity index (χ1n) is 7.97. The first-order valence-corrected chi connectivity index (χ1v) is 7.97. The van der Waals surface area contributed by atoms with Crippen molar-refractivity contribution in [3.63, 3.8) is 0 Å². The second-order valence-corrected chi connectivity index (χ2v) is 6.55. The molecule has 2 rings (SSSR count). The average molecular weight is 319 g/mol. The van der Waals surface area contributed by atoms with Gasteiger partial charge in [-0.15, -0.1) is 0 Å². The van der Waals surface area contributed by atoms with Crippen LogP contribution in [0.3, 0.4) is 0 Å². The van der Waals surface area contributed by atoms with Crippen molar-refractivity contribution in [3.8, 4) is 0 Å². The number of carbonyl (C=O) groups is 2. The van der Waals surface area contributed by atoms with Gasteiger partial charge in [0.25, 0.3) is 0 Å². The van der Waals surface area contributed by atoms with E-state index in [0.717, 1.165) is 0 Å². The van der Waals surface area contributed by atoms with Crippen molar-refractivity contribution in [2.45, 2.75) is 33.2 Å². The number of anilines is 1. The molecule has 1 saturated heterocycles. The number of rotatable bonds is 2. The van der Waals surface area contributed by atoms with E-state index in [4.69, 9.17) is 0 Å². The Morgan fingerprint density at radius 2 is 1.70 bits per heavy atom. The first-order chi connectivity index (χ1) is 10.8. The standard InChI is InChI=1S/C16H25N5O2/c1-5-21(16(2,3)4)14(23)13(22)19-9-11-20(12-10-19)15-17-7-6-8-18-15/h6-8H,5,9-12H2,1-4H3. The Bertz CT molecular complexity index is 547. The van der Waals surface area contributed by atoms with Crippen LogP contribution < -0.4 is 4.90 Å². The summed E-state index contributed by atoms with van der Waals surface area (Å²) < 4.78 is 0. The molecule has 0 N–H and O–H groups in total. The Kier molecular flexibility index (Phi) is 5.18. The van der Waals surface area contributed by atoms with Gasteiger partial charge in [-0.3, -0.25) is 9.59 Å². The third kappa shape index (κ3) is 3.97. The lowest BCUT2D eigenvalue weighted by molar-refractivity contribution is -0.154. The number of amides is 2. The maximum atomic E-state index is 12.5. The average Bonchev–Trinajstić information content (AvgIpc) is 2.54. The second-order valence-electron chi connectivity index (χ2n) is 6.55. The molecule has 0 radical (unpaired) electrons. The van der Waals surface area contributed by atoms with Crippen molar-refractivity contribution in [3.05, 3.63) is 18.5 Å². The maximum absolute atomic E-state index is 12.5. The van der Waals surface area contributed by atoms with E-state index in [1.54, 1.807) is 28.3 Å². The minimum atomic E-state index is -0.426. The number of carbonyl (C=O) groups excluding carboxylic acids is 2. The lowest BCUT2D eigenvalue weighted by Crippen LogP contribution is -2.56. The van der Waals surface area contributed by atoms with Gasteiger partial charge in [-0.1, -0.05) is 0 Å². The summed E-state index contributed by atoms with van der Waals surface area (Å²) in [4.78, 5) is 38.6. The minimum absolute atomic E-state index is 0.360. The Morgan fingerprint density at radius 1 is 1.13 bits per heavy atom. The highest BCUT2D eigenvalue weighted by Crippen LogP contribution is 2.15. The molecule has 0 aromatic carbocycles. The van der Waals surface area contributed by atoms with Crippen LogP contribution >= 0.6 is 0 Å². The topological polar surface area (TPSA) is 69.6 Å². The summed E-state index contributed by atoms with van der Waals surface area (Å²) in [5.41, 5.74) is -0.360. The van der Waals surface area contributed by atoms with E-state index in [0.29, 0.717) is 38.7 Å². The van der Waals surface area contributed by atoms with Gasteiger partial charge >= 0.3 is 11.8 Å². The maximum Gasteiger partial charge on any atom is 0.312 e. The molecule has 1 fully saturated rings. The van der Waals surface area contributed by atoms with E-state index in [1.165, 1.54) is 0 Å². The quantitative estimate of drug-likeness (QED) is 0.753. The van der Waals surface area contributed by atoms with Crippen molar-refractivity contribution in [2.75, 3.05) is 37.6 Å². The van der Waals surface area contributed by atoms with Crippen molar-refractivity contribution in [1.29, 1.82) is 0 Å². The fraction of sp³-hybridized carbons (Fsp3) is 0.625. The molecule has 23 heavy (non-hydrogen) atoms. The zero-order chi connectivity index (χ0) is 17.0. The van der Waals surface area contributed by atoms with Gasteiger partial charge < -0.3 is 14.7 Å². The number of hydrogen-bond acceptors (Lipinski definition) is 5. The van der Waals surface area contributed by atoms with Crippen LogP contribution in [-0.4, -0.2) is 69.8 Å². The summed E-state index contributed by atoms with van der Waals surface area (Å²) in [7, 11) is 0. The van der Waals surface area contributed by atoms with Crippen LogP contribution in [0.2, 0.25) is 0 Å². The van der Waals surface area contributed by atoms with Crippen LogP contribution in [0.4, 0.5) is 5.95 Å². The van der Waals surface area contributed by atoms with Gasteiger partial charge in [0.1, 0.15) is 0 Å². The third-order valence-corrected chi connectivity index (χ3v) is 3.96. The molecule has 2 heterocycles. The molecular weight excluding hydrogens is 294 g/mol. The number of hydrogen-bond donors (Lipinski definition) is 0. The Morgan fingerprint density at radius 3 is 2.17 bits per heavy atom. The Balaban J connectivity index is 1.97. The van der Waals surface area contributed by atoms with Crippen molar-refractivity contribution >= 4 is 17.8 Å². The van der Waals surface area contributed by atoms with Gasteiger partial charge in [-0.2, -0.15) is 0 Å². The smallest absolute Gasteiger partial charge is 0.312 e. The Labute approximate surface area is 137 Å². The summed E-state index contributed by atoms with van der Waals surface area (Å²) in [6.07, 6.45) is 3.40. The molecule has 0 saturated carbocycles. The fourth-order valence-corrected chi connectivity index (χ4v) is 2.74. The van der Waals surface area contributed by atoms with E-state index in [1.807, 2.05) is 32.6 Å². The van der Waals surface area contributed by atoms with E-state index in [2.05, 4.69) is 9.97 Å². The van der Waals surface area contributed by atoms with Gasteiger partial charge in [0.05, 0.1) is 0 Å². The predicted octanol–water partition coefficient (Wildman–Crippen LogP) is 0.772. The van der Waals surface area contributed by atoms with Crippen LogP contribution in [0.25, 0.3) is 0 Å². The molecule has 7 nitrogen and oxygen atoms in total. The highest BCUT2D eigenvalue weighted by atomic mass is 16.2. The van der Waals surface area contributed by atoms with E-state index in [-0.39, 0.29) is 5.54 Å². The summed E-state index contributed by atoms with van der Waals surface area (Å²) >= 11 is 0. The number of aromatic nitrogens is 2. The van der Waals surface area contributed by atoms with E-state index in [9.17, 15) is 9.59 Å². The van der Waals surface area contributed by atoms with Crippen LogP contribution in [0.5, 0.6) is 0 Å². The molecule has 0 bridgehead atoms. The molecule has 0 unspecified atom stereocenters. The van der Waals surface area contributed by atoms with Crippen LogP contribution in [0.1, 0.15) is 27.7 Å². The van der Waals surface area contributed by atoms with E-state index < -0.39 is 11.8 Å². The van der Waals surface area contributed by atoms with Gasteiger partial charge in [0.2, 0.25) is 5.95 Å². The highest BCUT2D eigenvalue weighted by molar-refractivity contribution is 6.35. The molecule has 7 heteroatoms. The van der Waals surface area contributed by atoms with Crippen LogP contribution in [0.15, 0.2) is 18.5 Å². The number of piperazine rings is 1. The van der Waals surface area contributed by atoms with E-state index >= 15 is 0 Å². The molecule has 0 spiro atoms. The van der Waals surface area contributed by atoms with Gasteiger partial charge in [0, 0.05) is 50.7 Å². The lowest BCUT2D eigenvalue weighted by Gasteiger charge is -2.38. The number of likely N-dealkylation sites (N-methyl/N-ethyl adjacent to an activating group) is 1. The van der Waals surface area contributed by atoms with Gasteiger partial charge in [-0.25, -0.2) is 9.97 Å². The molecule has 1 aromatic rings. The second kappa shape index (κ2) is 6.93. The van der Waals surface area contributed by atoms with Crippen molar-refractivity contribution in [1.82, 2.24) is 19.8 Å². The van der Waals surface area contributed by atoms with Gasteiger partial charge in [-0.05, 0) is 33.8 Å². The van der Waals surface area contributed by atoms with Gasteiger partial charge in [0.15, 0.2) is 0 Å². The molecule has 1 aliphatic rings. The zero-order valence-corrected chi connectivity index (χ0v) is 14.3. The summed E-state index contributed by atoms with van der Waals surface area (Å²) in [6.45, 7) is 10.5. The SMILES string of the molecule is CCN(C(=O)C(=O)N1CCN(c2ncccn2)CC1)C(C)(C)C. The molecule has 0 aliphatic carbocycles. The normalized spacial score (nSPS) is 15.5. The third-order valence-electron chi connectivity index (χ3n) is 3.96. The zero-order valence-electron chi connectivity index (χ0n) is 14.3. The summed E-state index contributed by atoms with van der Waals surface area (Å²) in [5.74, 6) is -0.185. The highest BCUT2D eigenvalue weighted by Gasteiger charge is 2.34. The summed E-state index contributed by atoms with van der Waals surface area (Å²) in [6, 6.07) is 1.77. The fourth-order valence-electron chi connectivity index (χ4n) is 2.74. The number of nitrogens with zero attached hydrogens (tertiary/aromatic N) is 5. The van der Waals surface area contributed by atoms with Crippen molar-refractivity contribution in [2.24, 2.45) is 0 Å².